The highest BCUT2D eigenvalue weighted by atomic mass is 32.1. The predicted molar refractivity (Wildman–Crippen MR) is 90.8 cm³/mol. The molecule has 20 heavy (non-hydrogen) atoms. The number of hydrogen-bond acceptors (Lipinski definition) is 2. The van der Waals surface area contributed by atoms with Gasteiger partial charge < -0.3 is 4.57 Å². The zero-order valence-electron chi connectivity index (χ0n) is 12.2. The van der Waals surface area contributed by atoms with Crippen LogP contribution in [0, 0.1) is 0 Å². The lowest BCUT2D eigenvalue weighted by Crippen LogP contribution is -2.51. The molecule has 0 spiro atoms. The van der Waals surface area contributed by atoms with Crippen LogP contribution < -0.4 is 0 Å². The Morgan fingerprint density at radius 2 is 2.05 bits per heavy atom. The van der Waals surface area contributed by atoms with Crippen molar-refractivity contribution >= 4 is 26.0 Å². The molecule has 0 amide bonds. The molecule has 0 saturated carbocycles. The number of hydrogen-bond donors (Lipinski definition) is 1. The van der Waals surface area contributed by atoms with Crippen LogP contribution in [0.1, 0.15) is 17.9 Å². The molecule has 2 unspecified atom stereocenters. The second-order valence-electron chi connectivity index (χ2n) is 6.06. The SMILES string of the molecule is C=CC(C(C(=O)S)c1ccccc1)N1CCC[Si]1(C)C. The minimum atomic E-state index is -1.42. The van der Waals surface area contributed by atoms with Gasteiger partial charge in [0.1, 0.15) is 8.24 Å². The van der Waals surface area contributed by atoms with Crippen molar-refractivity contribution in [3.63, 3.8) is 0 Å². The standard InChI is InChI=1S/C16H23NOSSi/c1-4-14(17-11-8-12-20(17,2)3)15(16(18)19)13-9-6-5-7-10-13/h4-7,9-10,14-15H,1,8,11-12H2,2-3H3,(H,18,19). The number of carbonyl (C=O) groups is 1. The second-order valence-corrected chi connectivity index (χ2v) is 11.2. The molecule has 4 heteroatoms. The fourth-order valence-electron chi connectivity index (χ4n) is 3.27. The van der Waals surface area contributed by atoms with E-state index in [1.54, 1.807) is 0 Å². The van der Waals surface area contributed by atoms with Crippen molar-refractivity contribution in [3.8, 4) is 0 Å². The zero-order valence-corrected chi connectivity index (χ0v) is 14.1. The van der Waals surface area contributed by atoms with Gasteiger partial charge in [-0.15, -0.1) is 19.2 Å². The minimum absolute atomic E-state index is 0.0616. The highest BCUT2D eigenvalue weighted by molar-refractivity contribution is 7.96. The Balaban J connectivity index is 2.36. The van der Waals surface area contributed by atoms with Crippen molar-refractivity contribution in [2.24, 2.45) is 0 Å². The van der Waals surface area contributed by atoms with Crippen LogP contribution in [0.3, 0.4) is 0 Å². The molecule has 1 heterocycles. The van der Waals surface area contributed by atoms with Gasteiger partial charge in [0.2, 0.25) is 0 Å². The highest BCUT2D eigenvalue weighted by Crippen LogP contribution is 2.35. The van der Waals surface area contributed by atoms with Crippen LogP contribution in [0.15, 0.2) is 43.0 Å². The van der Waals surface area contributed by atoms with Crippen LogP contribution in [-0.4, -0.2) is 30.5 Å². The minimum Gasteiger partial charge on any atom is -0.317 e. The fourth-order valence-corrected chi connectivity index (χ4v) is 6.71. The molecule has 2 rings (SSSR count). The molecule has 108 valence electrons. The third-order valence-electron chi connectivity index (χ3n) is 4.33. The molecule has 0 aliphatic carbocycles. The van der Waals surface area contributed by atoms with E-state index >= 15 is 0 Å². The van der Waals surface area contributed by atoms with Gasteiger partial charge in [-0.1, -0.05) is 49.5 Å². The smallest absolute Gasteiger partial charge is 0.195 e. The van der Waals surface area contributed by atoms with Crippen LogP contribution >= 0.6 is 12.6 Å². The number of nitrogens with zero attached hydrogens (tertiary/aromatic N) is 1. The van der Waals surface area contributed by atoms with Gasteiger partial charge >= 0.3 is 0 Å². The summed E-state index contributed by atoms with van der Waals surface area (Å²) in [6.07, 6.45) is 3.16. The van der Waals surface area contributed by atoms with E-state index in [1.807, 2.05) is 36.4 Å². The summed E-state index contributed by atoms with van der Waals surface area (Å²) < 4.78 is 2.53. The molecule has 1 fully saturated rings. The first-order chi connectivity index (χ1) is 9.47. The summed E-state index contributed by atoms with van der Waals surface area (Å²) in [7, 11) is -1.42. The predicted octanol–water partition coefficient (Wildman–Crippen LogP) is 3.69. The first-order valence-electron chi connectivity index (χ1n) is 7.14. The van der Waals surface area contributed by atoms with E-state index in [0.29, 0.717) is 0 Å². The van der Waals surface area contributed by atoms with Crippen molar-refractivity contribution in [3.05, 3.63) is 48.6 Å². The lowest BCUT2D eigenvalue weighted by Gasteiger charge is -2.39. The number of benzene rings is 1. The number of carbonyl (C=O) groups excluding carboxylic acids is 1. The first-order valence-corrected chi connectivity index (χ1v) is 10.7. The molecule has 1 aliphatic heterocycles. The number of rotatable bonds is 5. The Hall–Kier alpha value is -0.843. The van der Waals surface area contributed by atoms with E-state index in [4.69, 9.17) is 0 Å². The van der Waals surface area contributed by atoms with Crippen LogP contribution in [0.4, 0.5) is 0 Å². The van der Waals surface area contributed by atoms with Gasteiger partial charge in [0.05, 0.1) is 5.92 Å². The largest absolute Gasteiger partial charge is 0.317 e. The van der Waals surface area contributed by atoms with Crippen molar-refractivity contribution in [2.75, 3.05) is 6.54 Å². The monoisotopic (exact) mass is 305 g/mol. The van der Waals surface area contributed by atoms with Gasteiger partial charge in [-0.25, -0.2) is 0 Å². The van der Waals surface area contributed by atoms with Crippen molar-refractivity contribution in [2.45, 2.75) is 37.5 Å². The van der Waals surface area contributed by atoms with E-state index < -0.39 is 8.24 Å². The summed E-state index contributed by atoms with van der Waals surface area (Å²) >= 11 is 4.15. The summed E-state index contributed by atoms with van der Waals surface area (Å²) in [5, 5.41) is -0.0715. The molecule has 1 aromatic carbocycles. The van der Waals surface area contributed by atoms with Crippen LogP contribution in [0.25, 0.3) is 0 Å². The van der Waals surface area contributed by atoms with Gasteiger partial charge in [-0.05, 0) is 24.6 Å². The van der Waals surface area contributed by atoms with Crippen molar-refractivity contribution in [1.82, 2.24) is 4.57 Å². The second kappa shape index (κ2) is 6.29. The van der Waals surface area contributed by atoms with E-state index in [1.165, 1.54) is 12.5 Å². The van der Waals surface area contributed by atoms with Crippen molar-refractivity contribution in [1.29, 1.82) is 0 Å². The molecular formula is C16H23NOSSi. The molecule has 0 radical (unpaired) electrons. The molecular weight excluding hydrogens is 282 g/mol. The summed E-state index contributed by atoms with van der Waals surface area (Å²) in [4.78, 5) is 12.1. The molecule has 2 atom stereocenters. The molecule has 1 aliphatic rings. The van der Waals surface area contributed by atoms with Crippen LogP contribution in [-0.2, 0) is 4.79 Å². The highest BCUT2D eigenvalue weighted by Gasteiger charge is 2.42. The van der Waals surface area contributed by atoms with Crippen molar-refractivity contribution < 1.29 is 4.79 Å². The summed E-state index contributed by atoms with van der Waals surface area (Å²) in [5.41, 5.74) is 1.04. The lowest BCUT2D eigenvalue weighted by atomic mass is 9.92. The Labute approximate surface area is 128 Å². The van der Waals surface area contributed by atoms with Crippen LogP contribution in [0.5, 0.6) is 0 Å². The fraction of sp³-hybridized carbons (Fsp3) is 0.438. The summed E-state index contributed by atoms with van der Waals surface area (Å²) in [6, 6.07) is 11.3. The van der Waals surface area contributed by atoms with E-state index in [9.17, 15) is 4.79 Å². The van der Waals surface area contributed by atoms with Gasteiger partial charge in [-0.3, -0.25) is 4.79 Å². The first kappa shape index (κ1) is 15.5. The Bertz CT molecular complexity index is 489. The van der Waals surface area contributed by atoms with E-state index in [-0.39, 0.29) is 17.1 Å². The third kappa shape index (κ3) is 3.08. The molecule has 0 aromatic heterocycles. The van der Waals surface area contributed by atoms with Crippen LogP contribution in [0.2, 0.25) is 19.1 Å². The van der Waals surface area contributed by atoms with Gasteiger partial charge in [0.15, 0.2) is 5.12 Å². The summed E-state index contributed by atoms with van der Waals surface area (Å²) in [5.74, 6) is -0.220. The maximum Gasteiger partial charge on any atom is 0.195 e. The van der Waals surface area contributed by atoms with Gasteiger partial charge in [-0.2, -0.15) is 0 Å². The zero-order chi connectivity index (χ0) is 14.8. The normalized spacial score (nSPS) is 21.4. The van der Waals surface area contributed by atoms with E-state index in [2.05, 4.69) is 36.9 Å². The average molecular weight is 306 g/mol. The Morgan fingerprint density at radius 3 is 2.50 bits per heavy atom. The third-order valence-corrected chi connectivity index (χ3v) is 8.26. The molecule has 1 saturated heterocycles. The quantitative estimate of drug-likeness (QED) is 0.508. The molecule has 2 nitrogen and oxygen atoms in total. The van der Waals surface area contributed by atoms with Gasteiger partial charge in [0, 0.05) is 6.04 Å². The summed E-state index contributed by atoms with van der Waals surface area (Å²) in [6.45, 7) is 9.82. The van der Waals surface area contributed by atoms with Gasteiger partial charge in [0.25, 0.3) is 0 Å². The van der Waals surface area contributed by atoms with E-state index in [0.717, 1.165) is 12.1 Å². The average Bonchev–Trinajstić information content (AvgIpc) is 2.76. The maximum absolute atomic E-state index is 12.1. The lowest BCUT2D eigenvalue weighted by molar-refractivity contribution is -0.112. The Morgan fingerprint density at radius 1 is 1.40 bits per heavy atom. The molecule has 0 N–H and O–H groups in total. The number of thiol groups is 1. The molecule has 0 bridgehead atoms. The topological polar surface area (TPSA) is 20.3 Å². The molecule has 1 aromatic rings. The Kier molecular flexibility index (Phi) is 4.89. The maximum atomic E-state index is 12.1.